The van der Waals surface area contributed by atoms with Crippen LogP contribution in [0.25, 0.3) is 11.1 Å². The van der Waals surface area contributed by atoms with Crippen LogP contribution in [0.5, 0.6) is 0 Å². The van der Waals surface area contributed by atoms with Gasteiger partial charge in [-0.25, -0.2) is 4.79 Å². The molecule has 0 spiro atoms. The zero-order valence-electron chi connectivity index (χ0n) is 16.2. The third-order valence-electron chi connectivity index (χ3n) is 3.96. The smallest absolute Gasteiger partial charge is 0.341 e. The van der Waals surface area contributed by atoms with E-state index in [-0.39, 0.29) is 18.3 Å². The highest BCUT2D eigenvalue weighted by Gasteiger charge is 2.23. The highest BCUT2D eigenvalue weighted by atomic mass is 32.2. The van der Waals surface area contributed by atoms with E-state index >= 15 is 0 Å². The summed E-state index contributed by atoms with van der Waals surface area (Å²) < 4.78 is 5.91. The quantitative estimate of drug-likeness (QED) is 0.470. The van der Waals surface area contributed by atoms with Crippen molar-refractivity contribution >= 4 is 56.5 Å². The molecule has 8 heteroatoms. The molecule has 0 unspecified atom stereocenters. The van der Waals surface area contributed by atoms with E-state index in [2.05, 4.69) is 5.32 Å². The number of benzene rings is 1. The number of esters is 1. The average Bonchev–Trinajstić information content (AvgIpc) is 3.11. The summed E-state index contributed by atoms with van der Waals surface area (Å²) in [5.41, 5.74) is 2.05. The molecule has 1 aromatic carbocycles. The van der Waals surface area contributed by atoms with Gasteiger partial charge in [0.15, 0.2) is 0 Å². The van der Waals surface area contributed by atoms with Gasteiger partial charge >= 0.3 is 5.97 Å². The molecule has 0 aliphatic carbocycles. The number of rotatable bonds is 8. The molecule has 0 aliphatic rings. The second kappa shape index (κ2) is 11.2. The zero-order chi connectivity index (χ0) is 20.5. The van der Waals surface area contributed by atoms with Crippen LogP contribution in [0.2, 0.25) is 0 Å². The molecule has 0 fully saturated rings. The molecule has 5 nitrogen and oxygen atoms in total. The van der Waals surface area contributed by atoms with E-state index in [1.165, 1.54) is 23.1 Å². The number of carbonyl (C=O) groups is 2. The van der Waals surface area contributed by atoms with Gasteiger partial charge in [-0.1, -0.05) is 54.3 Å². The van der Waals surface area contributed by atoms with Gasteiger partial charge in [-0.3, -0.25) is 4.79 Å². The summed E-state index contributed by atoms with van der Waals surface area (Å²) in [7, 11) is 0. The van der Waals surface area contributed by atoms with E-state index in [0.717, 1.165) is 24.2 Å². The van der Waals surface area contributed by atoms with E-state index in [0.29, 0.717) is 14.9 Å². The van der Waals surface area contributed by atoms with Gasteiger partial charge in [-0.15, -0.1) is 11.3 Å². The van der Waals surface area contributed by atoms with Crippen LogP contribution in [0.4, 0.5) is 5.00 Å². The Morgan fingerprint density at radius 2 is 1.86 bits per heavy atom. The topological polar surface area (TPSA) is 58.6 Å². The van der Waals surface area contributed by atoms with Crippen molar-refractivity contribution < 1.29 is 14.3 Å². The number of hydrogen-bond acceptors (Lipinski definition) is 6. The number of thiocarbonyl (C=S) groups is 1. The summed E-state index contributed by atoms with van der Waals surface area (Å²) >= 11 is 8.00. The molecule has 0 bridgehead atoms. The lowest BCUT2D eigenvalue weighted by Gasteiger charge is -2.20. The van der Waals surface area contributed by atoms with Crippen LogP contribution in [-0.4, -0.2) is 46.5 Å². The predicted molar refractivity (Wildman–Crippen MR) is 122 cm³/mol. The number of thiophene rings is 1. The minimum atomic E-state index is -0.441. The third kappa shape index (κ3) is 5.80. The maximum atomic E-state index is 12.5. The fraction of sp³-hybridized carbons (Fsp3) is 0.350. The fourth-order valence-corrected chi connectivity index (χ4v) is 4.73. The number of amides is 1. The first-order valence-corrected chi connectivity index (χ1v) is 11.3. The standard InChI is InChI=1S/C20H24N2O3S3/c1-4-22(5-2)20(26)28-13-16(23)21-18-17(19(24)25-6-3)15(12-27-18)14-10-8-7-9-11-14/h7-12H,4-6,13H2,1-3H3,(H,21,23). The maximum Gasteiger partial charge on any atom is 0.341 e. The number of hydrogen-bond donors (Lipinski definition) is 1. The Hall–Kier alpha value is -1.90. The molecule has 0 atom stereocenters. The van der Waals surface area contributed by atoms with Gasteiger partial charge < -0.3 is 15.0 Å². The Balaban J connectivity index is 2.16. The van der Waals surface area contributed by atoms with Crippen molar-refractivity contribution in [1.82, 2.24) is 4.90 Å². The Labute approximate surface area is 179 Å². The predicted octanol–water partition coefficient (Wildman–Crippen LogP) is 4.89. The number of nitrogens with zero attached hydrogens (tertiary/aromatic N) is 1. The van der Waals surface area contributed by atoms with E-state index in [4.69, 9.17) is 17.0 Å². The Morgan fingerprint density at radius 3 is 2.46 bits per heavy atom. The summed E-state index contributed by atoms with van der Waals surface area (Å²) in [6.45, 7) is 7.70. The zero-order valence-corrected chi connectivity index (χ0v) is 18.6. The summed E-state index contributed by atoms with van der Waals surface area (Å²) in [5.74, 6) is -0.452. The highest BCUT2D eigenvalue weighted by molar-refractivity contribution is 8.23. The van der Waals surface area contributed by atoms with E-state index in [1.807, 2.05) is 54.5 Å². The maximum absolute atomic E-state index is 12.5. The van der Waals surface area contributed by atoms with Crippen LogP contribution in [0.15, 0.2) is 35.7 Å². The molecule has 1 heterocycles. The van der Waals surface area contributed by atoms with Crippen molar-refractivity contribution in [3.8, 4) is 11.1 Å². The molecular weight excluding hydrogens is 412 g/mol. The number of ether oxygens (including phenoxy) is 1. The molecule has 1 N–H and O–H groups in total. The van der Waals surface area contributed by atoms with Crippen LogP contribution >= 0.6 is 35.3 Å². The van der Waals surface area contributed by atoms with Gasteiger partial charge in [-0.05, 0) is 26.3 Å². The number of nitrogens with one attached hydrogen (secondary N) is 1. The molecule has 0 radical (unpaired) electrons. The minimum Gasteiger partial charge on any atom is -0.462 e. The lowest BCUT2D eigenvalue weighted by atomic mass is 10.0. The molecule has 0 aliphatic heterocycles. The van der Waals surface area contributed by atoms with Crippen LogP contribution in [0.1, 0.15) is 31.1 Å². The average molecular weight is 437 g/mol. The molecule has 0 saturated carbocycles. The molecule has 2 rings (SSSR count). The fourth-order valence-electron chi connectivity index (χ4n) is 2.55. The van der Waals surface area contributed by atoms with Crippen LogP contribution in [0, 0.1) is 0 Å². The van der Waals surface area contributed by atoms with Crippen molar-refractivity contribution in [1.29, 1.82) is 0 Å². The lowest BCUT2D eigenvalue weighted by Crippen LogP contribution is -2.28. The Bertz CT molecular complexity index is 817. The monoisotopic (exact) mass is 436 g/mol. The van der Waals surface area contributed by atoms with Gasteiger partial charge in [0.05, 0.1) is 12.4 Å². The summed E-state index contributed by atoms with van der Waals surface area (Å²) in [6.07, 6.45) is 0. The number of anilines is 1. The molecule has 0 saturated heterocycles. The Morgan fingerprint density at radius 1 is 1.18 bits per heavy atom. The molecule has 150 valence electrons. The number of carbonyl (C=O) groups excluding carboxylic acids is 2. The Kier molecular flexibility index (Phi) is 8.95. The molecular formula is C20H24N2O3S3. The van der Waals surface area contributed by atoms with E-state index in [1.54, 1.807) is 6.92 Å². The first-order valence-electron chi connectivity index (χ1n) is 9.07. The lowest BCUT2D eigenvalue weighted by molar-refractivity contribution is -0.113. The van der Waals surface area contributed by atoms with E-state index < -0.39 is 5.97 Å². The first-order chi connectivity index (χ1) is 13.5. The van der Waals surface area contributed by atoms with Gasteiger partial charge in [0, 0.05) is 24.0 Å². The van der Waals surface area contributed by atoms with Crippen molar-refractivity contribution in [3.05, 3.63) is 41.3 Å². The second-order valence-electron chi connectivity index (χ2n) is 5.72. The van der Waals surface area contributed by atoms with Crippen molar-refractivity contribution in [2.24, 2.45) is 0 Å². The summed E-state index contributed by atoms with van der Waals surface area (Å²) in [6, 6.07) is 9.58. The first kappa shape index (κ1) is 22.4. The second-order valence-corrected chi connectivity index (χ2v) is 8.20. The molecule has 1 amide bonds. The van der Waals surface area contributed by atoms with E-state index in [9.17, 15) is 9.59 Å². The molecule has 1 aromatic heterocycles. The van der Waals surface area contributed by atoms with Gasteiger partial charge in [0.2, 0.25) is 5.91 Å². The largest absolute Gasteiger partial charge is 0.462 e. The summed E-state index contributed by atoms with van der Waals surface area (Å²) in [5, 5.41) is 5.21. The van der Waals surface area contributed by atoms with Gasteiger partial charge in [0.1, 0.15) is 14.9 Å². The van der Waals surface area contributed by atoms with Crippen LogP contribution in [0.3, 0.4) is 0 Å². The van der Waals surface area contributed by atoms with Crippen LogP contribution < -0.4 is 5.32 Å². The summed E-state index contributed by atoms with van der Waals surface area (Å²) in [4.78, 5) is 27.0. The van der Waals surface area contributed by atoms with Gasteiger partial charge in [0.25, 0.3) is 0 Å². The van der Waals surface area contributed by atoms with Gasteiger partial charge in [-0.2, -0.15) is 0 Å². The molecule has 28 heavy (non-hydrogen) atoms. The van der Waals surface area contributed by atoms with Crippen molar-refractivity contribution in [2.75, 3.05) is 30.8 Å². The van der Waals surface area contributed by atoms with Crippen LogP contribution in [-0.2, 0) is 9.53 Å². The minimum absolute atomic E-state index is 0.191. The van der Waals surface area contributed by atoms with Crippen molar-refractivity contribution in [3.63, 3.8) is 0 Å². The van der Waals surface area contributed by atoms with Crippen molar-refractivity contribution in [2.45, 2.75) is 20.8 Å². The number of thioether (sulfide) groups is 1. The SMILES string of the molecule is CCOC(=O)c1c(-c2ccccc2)csc1NC(=O)CSC(=S)N(CC)CC. The highest BCUT2D eigenvalue weighted by Crippen LogP contribution is 2.36. The third-order valence-corrected chi connectivity index (χ3v) is 6.38. The molecule has 2 aromatic rings. The normalized spacial score (nSPS) is 10.4.